The van der Waals surface area contributed by atoms with Crippen molar-refractivity contribution in [1.82, 2.24) is 19.7 Å². The molecule has 0 radical (unpaired) electrons. The van der Waals surface area contributed by atoms with Crippen molar-refractivity contribution >= 4 is 17.7 Å². The molecule has 1 amide bonds. The van der Waals surface area contributed by atoms with Gasteiger partial charge >= 0.3 is 0 Å². The Kier molecular flexibility index (Phi) is 6.19. The van der Waals surface area contributed by atoms with Gasteiger partial charge in [0.2, 0.25) is 5.91 Å². The number of rotatable bonds is 6. The number of hydrogen-bond acceptors (Lipinski definition) is 4. The molecule has 0 aliphatic heterocycles. The second kappa shape index (κ2) is 8.61. The normalized spacial score (nSPS) is 10.9. The van der Waals surface area contributed by atoms with Crippen molar-refractivity contribution in [3.8, 4) is 11.4 Å². The number of thioether (sulfide) groups is 1. The minimum absolute atomic E-state index is 0.0739. The van der Waals surface area contributed by atoms with Crippen LogP contribution in [0.4, 0.5) is 0 Å². The van der Waals surface area contributed by atoms with Crippen molar-refractivity contribution in [2.24, 2.45) is 7.05 Å². The van der Waals surface area contributed by atoms with E-state index in [0.717, 1.165) is 16.5 Å². The van der Waals surface area contributed by atoms with Gasteiger partial charge in [0, 0.05) is 26.2 Å². The molecule has 0 N–H and O–H groups in total. The molecule has 0 spiro atoms. The zero-order valence-corrected chi connectivity index (χ0v) is 17.9. The largest absolute Gasteiger partial charge is 0.341 e. The highest BCUT2D eigenvalue weighted by atomic mass is 32.2. The summed E-state index contributed by atoms with van der Waals surface area (Å²) in [5, 5.41) is 9.29. The zero-order valence-electron chi connectivity index (χ0n) is 17.1. The Morgan fingerprint density at radius 2 is 1.71 bits per heavy atom. The second-order valence-corrected chi connectivity index (χ2v) is 8.14. The van der Waals surface area contributed by atoms with Crippen LogP contribution in [-0.2, 0) is 18.4 Å². The van der Waals surface area contributed by atoms with Crippen LogP contribution in [0.15, 0.2) is 47.6 Å². The molecule has 146 valence electrons. The fourth-order valence-electron chi connectivity index (χ4n) is 3.00. The molecular weight excluding hydrogens is 368 g/mol. The minimum atomic E-state index is 0.0739. The number of aryl methyl sites for hydroxylation is 3. The highest BCUT2D eigenvalue weighted by Crippen LogP contribution is 2.23. The smallest absolute Gasteiger partial charge is 0.233 e. The van der Waals surface area contributed by atoms with E-state index in [1.807, 2.05) is 30.8 Å². The van der Waals surface area contributed by atoms with Crippen LogP contribution < -0.4 is 0 Å². The molecule has 0 aliphatic rings. The summed E-state index contributed by atoms with van der Waals surface area (Å²) >= 11 is 1.42. The van der Waals surface area contributed by atoms with Crippen LogP contribution in [0.25, 0.3) is 11.4 Å². The number of carbonyl (C=O) groups excluding carboxylic acids is 1. The van der Waals surface area contributed by atoms with Crippen molar-refractivity contribution in [3.63, 3.8) is 0 Å². The van der Waals surface area contributed by atoms with Crippen molar-refractivity contribution in [1.29, 1.82) is 0 Å². The summed E-state index contributed by atoms with van der Waals surface area (Å²) in [5.41, 5.74) is 5.84. The Balaban J connectivity index is 1.62. The van der Waals surface area contributed by atoms with E-state index in [4.69, 9.17) is 0 Å². The Morgan fingerprint density at radius 3 is 2.39 bits per heavy atom. The summed E-state index contributed by atoms with van der Waals surface area (Å²) in [6.45, 7) is 6.83. The molecule has 2 aromatic carbocycles. The summed E-state index contributed by atoms with van der Waals surface area (Å²) in [5.74, 6) is 1.21. The zero-order chi connectivity index (χ0) is 20.3. The van der Waals surface area contributed by atoms with Gasteiger partial charge in [-0.25, -0.2) is 0 Å². The molecule has 5 nitrogen and oxygen atoms in total. The first-order chi connectivity index (χ1) is 13.3. The summed E-state index contributed by atoms with van der Waals surface area (Å²) in [6.07, 6.45) is 0. The third kappa shape index (κ3) is 4.62. The van der Waals surface area contributed by atoms with Crippen molar-refractivity contribution in [2.45, 2.75) is 32.5 Å². The van der Waals surface area contributed by atoms with Gasteiger partial charge in [-0.3, -0.25) is 4.79 Å². The summed E-state index contributed by atoms with van der Waals surface area (Å²) in [7, 11) is 3.78. The van der Waals surface area contributed by atoms with Gasteiger partial charge in [-0.15, -0.1) is 10.2 Å². The predicted molar refractivity (Wildman–Crippen MR) is 114 cm³/mol. The van der Waals surface area contributed by atoms with Crippen LogP contribution >= 0.6 is 11.8 Å². The van der Waals surface area contributed by atoms with Gasteiger partial charge in [-0.05, 0) is 31.9 Å². The van der Waals surface area contributed by atoms with Gasteiger partial charge in [0.15, 0.2) is 11.0 Å². The number of aromatic nitrogens is 3. The van der Waals surface area contributed by atoms with E-state index < -0.39 is 0 Å². The van der Waals surface area contributed by atoms with Gasteiger partial charge in [0.05, 0.1) is 5.75 Å². The predicted octanol–water partition coefficient (Wildman–Crippen LogP) is 4.16. The minimum Gasteiger partial charge on any atom is -0.341 e. The number of carbonyl (C=O) groups is 1. The van der Waals surface area contributed by atoms with Crippen LogP contribution in [0.3, 0.4) is 0 Å². The van der Waals surface area contributed by atoms with Gasteiger partial charge in [-0.2, -0.15) is 0 Å². The maximum Gasteiger partial charge on any atom is 0.233 e. The monoisotopic (exact) mass is 394 g/mol. The first-order valence-electron chi connectivity index (χ1n) is 9.24. The van der Waals surface area contributed by atoms with Gasteiger partial charge < -0.3 is 9.47 Å². The maximum absolute atomic E-state index is 12.6. The van der Waals surface area contributed by atoms with E-state index in [-0.39, 0.29) is 5.91 Å². The molecule has 3 rings (SSSR count). The van der Waals surface area contributed by atoms with Crippen LogP contribution in [0.5, 0.6) is 0 Å². The van der Waals surface area contributed by atoms with Crippen molar-refractivity contribution < 1.29 is 4.79 Å². The summed E-state index contributed by atoms with van der Waals surface area (Å²) in [4.78, 5) is 14.3. The lowest BCUT2D eigenvalue weighted by Gasteiger charge is -2.18. The molecule has 6 heteroatoms. The molecule has 0 saturated heterocycles. The second-order valence-electron chi connectivity index (χ2n) is 7.20. The fourth-order valence-corrected chi connectivity index (χ4v) is 3.85. The van der Waals surface area contributed by atoms with E-state index in [1.54, 1.807) is 4.90 Å². The highest BCUT2D eigenvalue weighted by Gasteiger charge is 2.15. The molecule has 1 heterocycles. The number of amides is 1. The Labute approximate surface area is 170 Å². The molecular formula is C22H26N4OS. The molecule has 3 aromatic rings. The van der Waals surface area contributed by atoms with E-state index >= 15 is 0 Å². The third-order valence-corrected chi connectivity index (χ3v) is 5.81. The Hall–Kier alpha value is -2.60. The van der Waals surface area contributed by atoms with E-state index in [0.29, 0.717) is 12.3 Å². The van der Waals surface area contributed by atoms with Crippen LogP contribution in [0, 0.1) is 20.8 Å². The molecule has 28 heavy (non-hydrogen) atoms. The number of nitrogens with zero attached hydrogens (tertiary/aromatic N) is 4. The molecule has 0 bridgehead atoms. The van der Waals surface area contributed by atoms with Crippen LogP contribution in [0.1, 0.15) is 22.3 Å². The van der Waals surface area contributed by atoms with Crippen LogP contribution in [0.2, 0.25) is 0 Å². The maximum atomic E-state index is 12.6. The average molecular weight is 395 g/mol. The first-order valence-corrected chi connectivity index (χ1v) is 10.2. The average Bonchev–Trinajstić information content (AvgIpc) is 3.03. The summed E-state index contributed by atoms with van der Waals surface area (Å²) in [6, 6.07) is 14.5. The molecule has 0 fully saturated rings. The lowest BCUT2D eigenvalue weighted by Crippen LogP contribution is -2.28. The molecule has 0 atom stereocenters. The third-order valence-electron chi connectivity index (χ3n) is 4.80. The van der Waals surface area contributed by atoms with E-state index in [1.165, 1.54) is 34.0 Å². The lowest BCUT2D eigenvalue weighted by molar-refractivity contribution is -0.127. The SMILES string of the molecule is Cc1ccc(-c2nnc(SCC(=O)N(C)Cc3ccc(C)cc3C)n2C)cc1. The Bertz CT molecular complexity index is 979. The number of hydrogen-bond donors (Lipinski definition) is 0. The van der Waals surface area contributed by atoms with Crippen LogP contribution in [-0.4, -0.2) is 38.4 Å². The first kappa shape index (κ1) is 20.1. The van der Waals surface area contributed by atoms with Gasteiger partial charge in [-0.1, -0.05) is 65.4 Å². The van der Waals surface area contributed by atoms with E-state index in [2.05, 4.69) is 61.3 Å². The highest BCUT2D eigenvalue weighted by molar-refractivity contribution is 7.99. The van der Waals surface area contributed by atoms with Crippen molar-refractivity contribution in [3.05, 3.63) is 64.7 Å². The topological polar surface area (TPSA) is 51.0 Å². The van der Waals surface area contributed by atoms with Crippen molar-refractivity contribution in [2.75, 3.05) is 12.8 Å². The Morgan fingerprint density at radius 1 is 1.04 bits per heavy atom. The number of benzene rings is 2. The van der Waals surface area contributed by atoms with Gasteiger partial charge in [0.25, 0.3) is 0 Å². The molecule has 0 aliphatic carbocycles. The molecule has 0 unspecified atom stereocenters. The lowest BCUT2D eigenvalue weighted by atomic mass is 10.1. The fraction of sp³-hybridized carbons (Fsp3) is 0.318. The summed E-state index contributed by atoms with van der Waals surface area (Å²) < 4.78 is 1.94. The molecule has 0 saturated carbocycles. The standard InChI is InChI=1S/C22H26N4OS/c1-15-6-9-18(10-7-15)21-23-24-22(26(21)5)28-14-20(27)25(4)13-19-11-8-16(2)12-17(19)3/h6-12H,13-14H2,1-5H3. The van der Waals surface area contributed by atoms with Gasteiger partial charge in [0.1, 0.15) is 0 Å². The molecule has 1 aromatic heterocycles. The van der Waals surface area contributed by atoms with E-state index in [9.17, 15) is 4.79 Å². The quantitative estimate of drug-likeness (QED) is 0.589.